The van der Waals surface area contributed by atoms with E-state index in [2.05, 4.69) is 5.32 Å². The number of carboxylic acid groups (broad SMARTS) is 1. The number of halogens is 2. The summed E-state index contributed by atoms with van der Waals surface area (Å²) in [5, 5.41) is 12.6. The predicted octanol–water partition coefficient (Wildman–Crippen LogP) is 3.05. The lowest BCUT2D eigenvalue weighted by atomic mass is 10.1. The predicted molar refractivity (Wildman–Crippen MR) is 77.1 cm³/mol. The molecule has 2 rings (SSSR count). The Morgan fingerprint density at radius 1 is 1.25 bits per heavy atom. The number of hydrogen-bond acceptors (Lipinski definition) is 2. The van der Waals surface area contributed by atoms with Gasteiger partial charge in [0, 0.05) is 6.42 Å². The van der Waals surface area contributed by atoms with Crippen LogP contribution in [0.3, 0.4) is 0 Å². The molecule has 0 heterocycles. The zero-order chi connectivity index (χ0) is 14.8. The van der Waals surface area contributed by atoms with Crippen molar-refractivity contribution in [2.75, 3.05) is 0 Å². The van der Waals surface area contributed by atoms with Gasteiger partial charge in [0.15, 0.2) is 0 Å². The molecule has 0 aromatic heterocycles. The van der Waals surface area contributed by atoms with Crippen LogP contribution < -0.4 is 5.32 Å². The van der Waals surface area contributed by atoms with Crippen LogP contribution in [-0.4, -0.2) is 22.5 Å². The second kappa shape index (κ2) is 6.02. The average molecular weight is 316 g/mol. The number of aliphatic carboxylic acids is 1. The highest BCUT2D eigenvalue weighted by atomic mass is 35.5. The molecule has 1 saturated carbocycles. The number of carbonyl (C=O) groups excluding carboxylic acids is 1. The van der Waals surface area contributed by atoms with E-state index < -0.39 is 11.5 Å². The van der Waals surface area contributed by atoms with E-state index in [1.54, 1.807) is 12.1 Å². The normalized spacial score (nSPS) is 15.7. The number of carboxylic acids is 1. The van der Waals surface area contributed by atoms with Gasteiger partial charge in [-0.05, 0) is 43.4 Å². The number of carbonyl (C=O) groups is 2. The summed E-state index contributed by atoms with van der Waals surface area (Å²) in [4.78, 5) is 22.6. The molecule has 0 radical (unpaired) electrons. The van der Waals surface area contributed by atoms with Crippen molar-refractivity contribution in [3.05, 3.63) is 33.8 Å². The van der Waals surface area contributed by atoms with Crippen molar-refractivity contribution in [1.29, 1.82) is 0 Å². The first-order valence-corrected chi connectivity index (χ1v) is 7.17. The maximum atomic E-state index is 11.7. The third kappa shape index (κ3) is 3.64. The molecule has 0 atom stereocenters. The molecule has 0 unspecified atom stereocenters. The molecule has 1 amide bonds. The lowest BCUT2D eigenvalue weighted by Crippen LogP contribution is -2.42. The fourth-order valence-corrected chi connectivity index (χ4v) is 2.32. The summed E-state index contributed by atoms with van der Waals surface area (Å²) >= 11 is 11.7. The largest absolute Gasteiger partial charge is 0.480 e. The first-order valence-electron chi connectivity index (χ1n) is 6.41. The van der Waals surface area contributed by atoms with Crippen molar-refractivity contribution in [2.24, 2.45) is 0 Å². The molecule has 1 fully saturated rings. The van der Waals surface area contributed by atoms with Gasteiger partial charge in [-0.2, -0.15) is 0 Å². The van der Waals surface area contributed by atoms with E-state index in [0.29, 0.717) is 42.1 Å². The van der Waals surface area contributed by atoms with Crippen LogP contribution in [-0.2, 0) is 16.0 Å². The second-order valence-corrected chi connectivity index (χ2v) is 5.85. The number of rotatable bonds is 6. The Kier molecular flexibility index (Phi) is 4.55. The van der Waals surface area contributed by atoms with Crippen LogP contribution in [0, 0.1) is 0 Å². The van der Waals surface area contributed by atoms with Crippen molar-refractivity contribution < 1.29 is 14.7 Å². The van der Waals surface area contributed by atoms with Gasteiger partial charge in [0.1, 0.15) is 5.54 Å². The molecule has 6 heteroatoms. The van der Waals surface area contributed by atoms with Crippen LogP contribution in [0.4, 0.5) is 0 Å². The van der Waals surface area contributed by atoms with Gasteiger partial charge in [0.25, 0.3) is 0 Å². The van der Waals surface area contributed by atoms with E-state index >= 15 is 0 Å². The minimum atomic E-state index is -0.999. The van der Waals surface area contributed by atoms with Crippen molar-refractivity contribution >= 4 is 35.1 Å². The average Bonchev–Trinajstić information content (AvgIpc) is 3.14. The molecule has 108 valence electrons. The summed E-state index contributed by atoms with van der Waals surface area (Å²) in [6.07, 6.45) is 2.67. The molecular weight excluding hydrogens is 301 g/mol. The number of nitrogens with one attached hydrogen (secondary N) is 1. The summed E-state index contributed by atoms with van der Waals surface area (Å²) in [5.74, 6) is -1.17. The molecule has 0 spiro atoms. The maximum absolute atomic E-state index is 11.7. The van der Waals surface area contributed by atoms with E-state index in [1.807, 2.05) is 6.07 Å². The molecule has 1 aliphatic rings. The van der Waals surface area contributed by atoms with Gasteiger partial charge in [-0.1, -0.05) is 29.3 Å². The monoisotopic (exact) mass is 315 g/mol. The Morgan fingerprint density at radius 2 is 1.95 bits per heavy atom. The van der Waals surface area contributed by atoms with Crippen LogP contribution in [0.5, 0.6) is 0 Å². The van der Waals surface area contributed by atoms with E-state index in [-0.39, 0.29) is 5.91 Å². The zero-order valence-electron chi connectivity index (χ0n) is 10.8. The number of hydrogen-bond donors (Lipinski definition) is 2. The molecule has 0 saturated heterocycles. The van der Waals surface area contributed by atoms with Gasteiger partial charge in [0.2, 0.25) is 5.91 Å². The zero-order valence-corrected chi connectivity index (χ0v) is 12.3. The fourth-order valence-electron chi connectivity index (χ4n) is 1.99. The Hall–Kier alpha value is -1.26. The van der Waals surface area contributed by atoms with E-state index in [9.17, 15) is 9.59 Å². The highest BCUT2D eigenvalue weighted by Crippen LogP contribution is 2.35. The Bertz CT molecular complexity index is 541. The third-order valence-corrected chi connectivity index (χ3v) is 4.13. The molecule has 20 heavy (non-hydrogen) atoms. The molecule has 4 nitrogen and oxygen atoms in total. The van der Waals surface area contributed by atoms with Gasteiger partial charge in [0.05, 0.1) is 10.0 Å². The number of benzene rings is 1. The third-order valence-electron chi connectivity index (χ3n) is 3.39. The van der Waals surface area contributed by atoms with Crippen molar-refractivity contribution in [3.8, 4) is 0 Å². The molecule has 1 aliphatic carbocycles. The van der Waals surface area contributed by atoms with E-state index in [0.717, 1.165) is 5.56 Å². The molecule has 0 bridgehead atoms. The molecule has 2 N–H and O–H groups in total. The quantitative estimate of drug-likeness (QED) is 0.848. The Balaban J connectivity index is 1.77. The number of amides is 1. The summed E-state index contributed by atoms with van der Waals surface area (Å²) in [6.45, 7) is 0. The van der Waals surface area contributed by atoms with Crippen LogP contribution in [0.1, 0.15) is 31.2 Å². The van der Waals surface area contributed by atoms with Gasteiger partial charge < -0.3 is 10.4 Å². The van der Waals surface area contributed by atoms with E-state index in [1.165, 1.54) is 0 Å². The van der Waals surface area contributed by atoms with E-state index in [4.69, 9.17) is 28.3 Å². The molecule has 1 aromatic carbocycles. The SMILES string of the molecule is O=C(CCCc1ccc(Cl)c(Cl)c1)NC1(C(=O)O)CC1. The Labute approximate surface area is 127 Å². The van der Waals surface area contributed by atoms with Gasteiger partial charge in [-0.15, -0.1) is 0 Å². The van der Waals surface area contributed by atoms with Crippen molar-refractivity contribution in [2.45, 2.75) is 37.6 Å². The van der Waals surface area contributed by atoms with Crippen molar-refractivity contribution in [3.63, 3.8) is 0 Å². The van der Waals surface area contributed by atoms with Crippen LogP contribution >= 0.6 is 23.2 Å². The molecule has 0 aliphatic heterocycles. The van der Waals surface area contributed by atoms with Gasteiger partial charge in [-0.3, -0.25) is 4.79 Å². The lowest BCUT2D eigenvalue weighted by molar-refractivity contribution is -0.143. The van der Waals surface area contributed by atoms with Gasteiger partial charge in [-0.25, -0.2) is 4.79 Å². The van der Waals surface area contributed by atoms with Gasteiger partial charge >= 0.3 is 5.97 Å². The first-order chi connectivity index (χ1) is 9.43. The summed E-state index contributed by atoms with van der Waals surface area (Å²) < 4.78 is 0. The van der Waals surface area contributed by atoms with Crippen molar-refractivity contribution in [1.82, 2.24) is 5.32 Å². The second-order valence-electron chi connectivity index (χ2n) is 5.04. The summed E-state index contributed by atoms with van der Waals surface area (Å²) in [6, 6.07) is 5.37. The maximum Gasteiger partial charge on any atom is 0.329 e. The number of aryl methyl sites for hydroxylation is 1. The summed E-state index contributed by atoms with van der Waals surface area (Å²) in [5.41, 5.74) is 0.00674. The van der Waals surface area contributed by atoms with Crippen LogP contribution in [0.25, 0.3) is 0 Å². The van der Waals surface area contributed by atoms with Crippen LogP contribution in [0.15, 0.2) is 18.2 Å². The molecular formula is C14H15Cl2NO3. The topological polar surface area (TPSA) is 66.4 Å². The first kappa shape index (κ1) is 15.1. The Morgan fingerprint density at radius 3 is 2.50 bits per heavy atom. The minimum Gasteiger partial charge on any atom is -0.480 e. The summed E-state index contributed by atoms with van der Waals surface area (Å²) in [7, 11) is 0. The smallest absolute Gasteiger partial charge is 0.329 e. The highest BCUT2D eigenvalue weighted by molar-refractivity contribution is 6.42. The standard InChI is InChI=1S/C14H15Cl2NO3/c15-10-5-4-9(8-11(10)16)2-1-3-12(18)17-14(6-7-14)13(19)20/h4-5,8H,1-3,6-7H2,(H,17,18)(H,19,20). The fraction of sp³-hybridized carbons (Fsp3) is 0.429. The highest BCUT2D eigenvalue weighted by Gasteiger charge is 2.51. The molecule has 1 aromatic rings. The lowest BCUT2D eigenvalue weighted by Gasteiger charge is -2.12. The van der Waals surface area contributed by atoms with Crippen LogP contribution in [0.2, 0.25) is 10.0 Å². The minimum absolute atomic E-state index is 0.218.